The molecule has 0 aliphatic rings. The van der Waals surface area contributed by atoms with Crippen LogP contribution in [0.4, 0.5) is 0 Å². The Morgan fingerprint density at radius 3 is 1.91 bits per heavy atom. The van der Waals surface area contributed by atoms with E-state index in [0.717, 1.165) is 16.5 Å². The van der Waals surface area contributed by atoms with Crippen LogP contribution in [0.25, 0.3) is 10.9 Å². The molecular formula is C33H35N5O8. The predicted octanol–water partition coefficient (Wildman–Crippen LogP) is 1.24. The highest BCUT2D eigenvalue weighted by molar-refractivity contribution is 5.96. The minimum Gasteiger partial charge on any atom is -0.508 e. The number of carbonyl (C=O) groups is 5. The summed E-state index contributed by atoms with van der Waals surface area (Å²) in [4.78, 5) is 66.7. The van der Waals surface area contributed by atoms with E-state index in [1.165, 1.54) is 24.3 Å². The number of H-pyrrole nitrogens is 1. The van der Waals surface area contributed by atoms with Crippen molar-refractivity contribution in [3.05, 3.63) is 102 Å². The standard InChI is InChI=1S/C33H35N5O8/c34-24(16-21-18-35-25-9-5-4-8-23(21)25)30(42)36-27(17-29(40)41)32(44)37-26(14-20-10-12-22(39)13-11-20)31(43)38-28(33(45)46)15-19-6-2-1-3-7-19/h1-13,18,24,26-28,35,39H,14-17,34H2,(H,36,42)(H,37,44)(H,38,43)(H,40,41)(H,45,46). The first-order valence-electron chi connectivity index (χ1n) is 14.5. The van der Waals surface area contributed by atoms with Gasteiger partial charge in [0.2, 0.25) is 17.7 Å². The van der Waals surface area contributed by atoms with Gasteiger partial charge in [0.15, 0.2) is 0 Å². The van der Waals surface area contributed by atoms with E-state index in [-0.39, 0.29) is 25.0 Å². The van der Waals surface area contributed by atoms with Gasteiger partial charge in [0.1, 0.15) is 23.9 Å². The van der Waals surface area contributed by atoms with E-state index in [1.54, 1.807) is 36.5 Å². The molecule has 0 bridgehead atoms. The van der Waals surface area contributed by atoms with E-state index in [0.29, 0.717) is 11.1 Å². The maximum absolute atomic E-state index is 13.4. The van der Waals surface area contributed by atoms with E-state index in [9.17, 15) is 39.3 Å². The lowest BCUT2D eigenvalue weighted by molar-refractivity contribution is -0.143. The van der Waals surface area contributed by atoms with Crippen LogP contribution in [0.15, 0.2) is 85.1 Å². The number of aromatic amines is 1. The number of benzene rings is 3. The Bertz CT molecular complexity index is 1690. The molecule has 9 N–H and O–H groups in total. The lowest BCUT2D eigenvalue weighted by atomic mass is 10.0. The molecule has 0 fully saturated rings. The maximum Gasteiger partial charge on any atom is 0.326 e. The summed E-state index contributed by atoms with van der Waals surface area (Å²) in [5.74, 6) is -5.33. The summed E-state index contributed by atoms with van der Waals surface area (Å²) >= 11 is 0. The summed E-state index contributed by atoms with van der Waals surface area (Å²) in [5.41, 5.74) is 8.91. The summed E-state index contributed by atoms with van der Waals surface area (Å²) in [6.07, 6.45) is 0.836. The van der Waals surface area contributed by atoms with Gasteiger partial charge in [0.25, 0.3) is 0 Å². The van der Waals surface area contributed by atoms with Crippen LogP contribution in [0, 0.1) is 0 Å². The van der Waals surface area contributed by atoms with Gasteiger partial charge >= 0.3 is 11.9 Å². The summed E-state index contributed by atoms with van der Waals surface area (Å²) in [6.45, 7) is 0. The van der Waals surface area contributed by atoms with Crippen LogP contribution < -0.4 is 21.7 Å². The number of nitrogens with one attached hydrogen (secondary N) is 4. The number of hydrogen-bond donors (Lipinski definition) is 8. The Kier molecular flexibility index (Phi) is 11.1. The number of rotatable bonds is 15. The van der Waals surface area contributed by atoms with Crippen molar-refractivity contribution in [1.29, 1.82) is 0 Å². The zero-order valence-electron chi connectivity index (χ0n) is 24.7. The molecule has 4 aromatic rings. The van der Waals surface area contributed by atoms with Crippen molar-refractivity contribution in [2.45, 2.75) is 49.9 Å². The molecule has 240 valence electrons. The molecule has 13 nitrogen and oxygen atoms in total. The number of para-hydroxylation sites is 1. The van der Waals surface area contributed by atoms with Crippen LogP contribution in [0.5, 0.6) is 5.75 Å². The quantitative estimate of drug-likeness (QED) is 0.0946. The van der Waals surface area contributed by atoms with Crippen LogP contribution in [-0.4, -0.2) is 74.1 Å². The summed E-state index contributed by atoms with van der Waals surface area (Å²) in [7, 11) is 0. The molecule has 1 heterocycles. The third kappa shape index (κ3) is 9.16. The number of aromatic hydroxyl groups is 1. The van der Waals surface area contributed by atoms with E-state index in [2.05, 4.69) is 20.9 Å². The minimum absolute atomic E-state index is 0.0317. The third-order valence-electron chi connectivity index (χ3n) is 7.37. The van der Waals surface area contributed by atoms with Crippen LogP contribution in [0.2, 0.25) is 0 Å². The molecule has 0 spiro atoms. The van der Waals surface area contributed by atoms with Gasteiger partial charge in [-0.25, -0.2) is 4.79 Å². The Labute approximate surface area is 263 Å². The van der Waals surface area contributed by atoms with Crippen molar-refractivity contribution in [3.8, 4) is 5.75 Å². The van der Waals surface area contributed by atoms with Gasteiger partial charge < -0.3 is 42.0 Å². The van der Waals surface area contributed by atoms with Crippen LogP contribution in [-0.2, 0) is 43.2 Å². The van der Waals surface area contributed by atoms with Crippen LogP contribution in [0.1, 0.15) is 23.1 Å². The van der Waals surface area contributed by atoms with E-state index in [4.69, 9.17) is 5.73 Å². The average Bonchev–Trinajstić information content (AvgIpc) is 3.43. The number of aliphatic carboxylic acids is 2. The Morgan fingerprint density at radius 2 is 1.24 bits per heavy atom. The number of amides is 3. The molecule has 0 radical (unpaired) electrons. The maximum atomic E-state index is 13.4. The molecule has 4 unspecified atom stereocenters. The van der Waals surface area contributed by atoms with Gasteiger partial charge in [-0.2, -0.15) is 0 Å². The van der Waals surface area contributed by atoms with Gasteiger partial charge in [-0.05, 0) is 41.3 Å². The molecule has 13 heteroatoms. The fourth-order valence-corrected chi connectivity index (χ4v) is 4.96. The van der Waals surface area contributed by atoms with Crippen molar-refractivity contribution in [2.75, 3.05) is 0 Å². The topological polar surface area (TPSA) is 224 Å². The lowest BCUT2D eigenvalue weighted by Crippen LogP contribution is -2.58. The molecule has 1 aromatic heterocycles. The monoisotopic (exact) mass is 629 g/mol. The van der Waals surface area contributed by atoms with Gasteiger partial charge in [0, 0.05) is 29.9 Å². The van der Waals surface area contributed by atoms with E-state index < -0.39 is 60.2 Å². The molecule has 4 rings (SSSR count). The second-order valence-corrected chi connectivity index (χ2v) is 10.9. The number of hydrogen-bond acceptors (Lipinski definition) is 7. The van der Waals surface area contributed by atoms with Crippen LogP contribution >= 0.6 is 0 Å². The predicted molar refractivity (Wildman–Crippen MR) is 168 cm³/mol. The van der Waals surface area contributed by atoms with E-state index >= 15 is 0 Å². The number of carbonyl (C=O) groups excluding carboxylic acids is 3. The number of carboxylic acid groups (broad SMARTS) is 2. The van der Waals surface area contributed by atoms with Gasteiger partial charge in [0.05, 0.1) is 12.5 Å². The lowest BCUT2D eigenvalue weighted by Gasteiger charge is -2.25. The Hall–Kier alpha value is -5.69. The third-order valence-corrected chi connectivity index (χ3v) is 7.37. The molecule has 3 aromatic carbocycles. The smallest absolute Gasteiger partial charge is 0.326 e. The average molecular weight is 630 g/mol. The van der Waals surface area contributed by atoms with Crippen molar-refractivity contribution in [3.63, 3.8) is 0 Å². The number of carboxylic acids is 2. The second-order valence-electron chi connectivity index (χ2n) is 10.9. The fourth-order valence-electron chi connectivity index (χ4n) is 4.96. The van der Waals surface area contributed by atoms with Crippen molar-refractivity contribution >= 4 is 40.6 Å². The summed E-state index contributed by atoms with van der Waals surface area (Å²) in [6, 6.07) is 16.4. The zero-order chi connectivity index (χ0) is 33.2. The first-order chi connectivity index (χ1) is 22.0. The minimum atomic E-state index is -1.60. The summed E-state index contributed by atoms with van der Waals surface area (Å²) in [5, 5.41) is 37.1. The van der Waals surface area contributed by atoms with Crippen molar-refractivity contribution < 1.29 is 39.3 Å². The van der Waals surface area contributed by atoms with Crippen molar-refractivity contribution in [1.82, 2.24) is 20.9 Å². The molecular weight excluding hydrogens is 594 g/mol. The largest absolute Gasteiger partial charge is 0.508 e. The molecule has 0 aliphatic heterocycles. The van der Waals surface area contributed by atoms with E-state index in [1.807, 2.05) is 24.3 Å². The number of phenols is 1. The number of phenolic OH excluding ortho intramolecular Hbond substituents is 1. The SMILES string of the molecule is NC(Cc1c[nH]c2ccccc12)C(=O)NC(CC(=O)O)C(=O)NC(Cc1ccc(O)cc1)C(=O)NC(Cc1ccccc1)C(=O)O. The Balaban J connectivity index is 1.50. The normalized spacial score (nSPS) is 13.6. The first kappa shape index (κ1) is 33.2. The molecule has 4 atom stereocenters. The van der Waals surface area contributed by atoms with Crippen molar-refractivity contribution in [2.24, 2.45) is 5.73 Å². The second kappa shape index (κ2) is 15.3. The Morgan fingerprint density at radius 1 is 0.674 bits per heavy atom. The van der Waals surface area contributed by atoms with Crippen LogP contribution in [0.3, 0.4) is 0 Å². The zero-order valence-corrected chi connectivity index (χ0v) is 24.7. The molecule has 3 amide bonds. The fraction of sp³-hybridized carbons (Fsp3) is 0.242. The summed E-state index contributed by atoms with van der Waals surface area (Å²) < 4.78 is 0. The van der Waals surface area contributed by atoms with Gasteiger partial charge in [-0.15, -0.1) is 0 Å². The highest BCUT2D eigenvalue weighted by Crippen LogP contribution is 2.19. The highest BCUT2D eigenvalue weighted by Gasteiger charge is 2.32. The number of fused-ring (bicyclic) bond motifs is 1. The van der Waals surface area contributed by atoms with Gasteiger partial charge in [-0.3, -0.25) is 19.2 Å². The molecule has 0 saturated carbocycles. The highest BCUT2D eigenvalue weighted by atomic mass is 16.4. The molecule has 0 aliphatic carbocycles. The first-order valence-corrected chi connectivity index (χ1v) is 14.5. The number of aromatic nitrogens is 1. The molecule has 0 saturated heterocycles. The number of nitrogens with two attached hydrogens (primary N) is 1. The van der Waals surface area contributed by atoms with Gasteiger partial charge in [-0.1, -0.05) is 60.7 Å². The molecule has 46 heavy (non-hydrogen) atoms.